The minimum atomic E-state index is 0.136. The Kier molecular flexibility index (Phi) is 7.31. The molecule has 6 nitrogen and oxygen atoms in total. The quantitative estimate of drug-likeness (QED) is 0.696. The Morgan fingerprint density at radius 1 is 1.14 bits per heavy atom. The van der Waals surface area contributed by atoms with Crippen molar-refractivity contribution < 1.29 is 4.79 Å². The van der Waals surface area contributed by atoms with Gasteiger partial charge in [0.1, 0.15) is 0 Å². The van der Waals surface area contributed by atoms with Crippen LogP contribution in [0.3, 0.4) is 0 Å². The summed E-state index contributed by atoms with van der Waals surface area (Å²) >= 11 is 0. The highest BCUT2D eigenvalue weighted by molar-refractivity contribution is 5.76. The molecule has 0 saturated carbocycles. The van der Waals surface area contributed by atoms with Crippen LogP contribution in [-0.4, -0.2) is 59.9 Å². The van der Waals surface area contributed by atoms with Crippen LogP contribution < -0.4 is 10.2 Å². The number of piperazine rings is 1. The summed E-state index contributed by atoms with van der Waals surface area (Å²) in [6.45, 7) is 12.3. The van der Waals surface area contributed by atoms with E-state index in [-0.39, 0.29) is 5.91 Å². The van der Waals surface area contributed by atoms with E-state index in [4.69, 9.17) is 0 Å². The molecule has 158 valence electrons. The number of aromatic nitrogens is 2. The van der Waals surface area contributed by atoms with Gasteiger partial charge in [-0.1, -0.05) is 12.1 Å². The summed E-state index contributed by atoms with van der Waals surface area (Å²) in [7, 11) is 1.95. The lowest BCUT2D eigenvalue weighted by atomic mass is 10.1. The average Bonchev–Trinajstić information content (AvgIpc) is 2.95. The van der Waals surface area contributed by atoms with Crippen LogP contribution in [0.2, 0.25) is 0 Å². The Bertz CT molecular complexity index is 821. The SMILES string of the molecule is Cc1cccc(N2CCN(CCCNC(=O)CCc3c(C)nn(C)c3C)CC2)c1. The molecular formula is C23H35N5O. The first-order valence-electron chi connectivity index (χ1n) is 10.7. The Hall–Kier alpha value is -2.34. The summed E-state index contributed by atoms with van der Waals surface area (Å²) in [5.41, 5.74) is 6.03. The maximum Gasteiger partial charge on any atom is 0.220 e. The number of nitrogens with zero attached hydrogens (tertiary/aromatic N) is 4. The van der Waals surface area contributed by atoms with Gasteiger partial charge < -0.3 is 10.2 Å². The van der Waals surface area contributed by atoms with Crippen LogP contribution in [0.25, 0.3) is 0 Å². The molecule has 1 N–H and O–H groups in total. The summed E-state index contributed by atoms with van der Waals surface area (Å²) in [6, 6.07) is 8.75. The molecule has 2 heterocycles. The monoisotopic (exact) mass is 397 g/mol. The second kappa shape index (κ2) is 9.92. The number of anilines is 1. The predicted molar refractivity (Wildman–Crippen MR) is 118 cm³/mol. The van der Waals surface area contributed by atoms with Gasteiger partial charge in [-0.3, -0.25) is 14.4 Å². The molecule has 29 heavy (non-hydrogen) atoms. The zero-order chi connectivity index (χ0) is 20.8. The van der Waals surface area contributed by atoms with Crippen molar-refractivity contribution in [2.45, 2.75) is 40.0 Å². The Morgan fingerprint density at radius 3 is 2.55 bits per heavy atom. The van der Waals surface area contributed by atoms with Crippen molar-refractivity contribution in [3.63, 3.8) is 0 Å². The van der Waals surface area contributed by atoms with Crippen molar-refractivity contribution in [3.8, 4) is 0 Å². The average molecular weight is 398 g/mol. The lowest BCUT2D eigenvalue weighted by Gasteiger charge is -2.36. The summed E-state index contributed by atoms with van der Waals surface area (Å²) in [5.74, 6) is 0.136. The molecule has 1 saturated heterocycles. The normalized spacial score (nSPS) is 15.0. The highest BCUT2D eigenvalue weighted by Crippen LogP contribution is 2.18. The zero-order valence-corrected chi connectivity index (χ0v) is 18.4. The highest BCUT2D eigenvalue weighted by atomic mass is 16.1. The van der Waals surface area contributed by atoms with Crippen LogP contribution in [0.1, 0.15) is 35.4 Å². The first-order valence-corrected chi connectivity index (χ1v) is 10.7. The number of hydrogen-bond donors (Lipinski definition) is 1. The molecule has 1 fully saturated rings. The van der Waals surface area contributed by atoms with Gasteiger partial charge in [0.15, 0.2) is 0 Å². The van der Waals surface area contributed by atoms with E-state index < -0.39 is 0 Å². The number of hydrogen-bond acceptors (Lipinski definition) is 4. The van der Waals surface area contributed by atoms with Gasteiger partial charge in [-0.2, -0.15) is 5.10 Å². The summed E-state index contributed by atoms with van der Waals surface area (Å²) in [4.78, 5) is 17.1. The first kappa shape index (κ1) is 21.4. The smallest absolute Gasteiger partial charge is 0.220 e. The molecule has 0 bridgehead atoms. The molecule has 2 aromatic rings. The Balaban J connectivity index is 1.30. The van der Waals surface area contributed by atoms with E-state index in [2.05, 4.69) is 58.3 Å². The number of carbonyl (C=O) groups excluding carboxylic acids is 1. The van der Waals surface area contributed by atoms with Crippen molar-refractivity contribution in [2.75, 3.05) is 44.2 Å². The fraction of sp³-hybridized carbons (Fsp3) is 0.565. The largest absolute Gasteiger partial charge is 0.369 e. The third-order valence-corrected chi connectivity index (χ3v) is 5.97. The van der Waals surface area contributed by atoms with Crippen LogP contribution in [0, 0.1) is 20.8 Å². The molecule has 1 aliphatic heterocycles. The molecule has 1 aliphatic rings. The zero-order valence-electron chi connectivity index (χ0n) is 18.4. The maximum absolute atomic E-state index is 12.2. The van der Waals surface area contributed by atoms with Crippen molar-refractivity contribution in [1.29, 1.82) is 0 Å². The van der Waals surface area contributed by atoms with Gasteiger partial charge in [-0.25, -0.2) is 0 Å². The third-order valence-electron chi connectivity index (χ3n) is 5.97. The molecule has 0 atom stereocenters. The highest BCUT2D eigenvalue weighted by Gasteiger charge is 2.17. The van der Waals surface area contributed by atoms with Crippen molar-refractivity contribution in [3.05, 3.63) is 46.8 Å². The lowest BCUT2D eigenvalue weighted by Crippen LogP contribution is -2.47. The van der Waals surface area contributed by atoms with Crippen LogP contribution in [0.5, 0.6) is 0 Å². The Morgan fingerprint density at radius 2 is 1.90 bits per heavy atom. The van der Waals surface area contributed by atoms with Crippen molar-refractivity contribution in [1.82, 2.24) is 20.0 Å². The number of nitrogens with one attached hydrogen (secondary N) is 1. The van der Waals surface area contributed by atoms with Gasteiger partial charge in [0.2, 0.25) is 5.91 Å². The van der Waals surface area contributed by atoms with Crippen LogP contribution in [0.15, 0.2) is 24.3 Å². The minimum Gasteiger partial charge on any atom is -0.369 e. The van der Waals surface area contributed by atoms with Crippen molar-refractivity contribution >= 4 is 11.6 Å². The van der Waals surface area contributed by atoms with E-state index in [1.807, 2.05) is 18.7 Å². The molecule has 1 amide bonds. The van der Waals surface area contributed by atoms with Gasteiger partial charge in [-0.15, -0.1) is 0 Å². The van der Waals surface area contributed by atoms with E-state index in [1.54, 1.807) is 0 Å². The topological polar surface area (TPSA) is 53.4 Å². The van der Waals surface area contributed by atoms with E-state index in [1.165, 1.54) is 16.8 Å². The fourth-order valence-electron chi connectivity index (χ4n) is 4.09. The van der Waals surface area contributed by atoms with E-state index in [9.17, 15) is 4.79 Å². The molecule has 0 spiro atoms. The van der Waals surface area contributed by atoms with Gasteiger partial charge in [-0.05, 0) is 63.4 Å². The Labute approximate surface area is 174 Å². The molecule has 0 unspecified atom stereocenters. The second-order valence-electron chi connectivity index (χ2n) is 8.14. The number of rotatable bonds is 8. The predicted octanol–water partition coefficient (Wildman–Crippen LogP) is 2.61. The number of aryl methyl sites for hydroxylation is 3. The van der Waals surface area contributed by atoms with Gasteiger partial charge in [0, 0.05) is 57.6 Å². The van der Waals surface area contributed by atoms with Crippen LogP contribution >= 0.6 is 0 Å². The second-order valence-corrected chi connectivity index (χ2v) is 8.14. The fourth-order valence-corrected chi connectivity index (χ4v) is 4.09. The molecule has 0 aliphatic carbocycles. The van der Waals surface area contributed by atoms with Gasteiger partial charge >= 0.3 is 0 Å². The van der Waals surface area contributed by atoms with E-state index >= 15 is 0 Å². The number of carbonyl (C=O) groups is 1. The number of benzene rings is 1. The van der Waals surface area contributed by atoms with Crippen molar-refractivity contribution in [2.24, 2.45) is 7.05 Å². The van der Waals surface area contributed by atoms with Crippen LogP contribution in [-0.2, 0) is 18.3 Å². The maximum atomic E-state index is 12.2. The summed E-state index contributed by atoms with van der Waals surface area (Å²) in [5, 5.41) is 7.50. The molecule has 0 radical (unpaired) electrons. The summed E-state index contributed by atoms with van der Waals surface area (Å²) < 4.78 is 1.89. The molecule has 1 aromatic heterocycles. The summed E-state index contributed by atoms with van der Waals surface area (Å²) in [6.07, 6.45) is 2.29. The molecule has 1 aromatic carbocycles. The van der Waals surface area contributed by atoms with E-state index in [0.29, 0.717) is 6.42 Å². The third kappa shape index (κ3) is 5.82. The van der Waals surface area contributed by atoms with Gasteiger partial charge in [0.25, 0.3) is 0 Å². The first-order chi connectivity index (χ1) is 13.9. The molecule has 3 rings (SSSR count). The van der Waals surface area contributed by atoms with Crippen LogP contribution in [0.4, 0.5) is 5.69 Å². The van der Waals surface area contributed by atoms with E-state index in [0.717, 1.165) is 63.5 Å². The lowest BCUT2D eigenvalue weighted by molar-refractivity contribution is -0.121. The molecular weight excluding hydrogens is 362 g/mol. The molecule has 6 heteroatoms. The number of amides is 1. The standard InChI is InChI=1S/C23H35N5O/c1-18-7-5-8-21(17-18)28-15-13-27(14-16-28)12-6-11-24-23(29)10-9-22-19(2)25-26(4)20(22)3/h5,7-8,17H,6,9-16H2,1-4H3,(H,24,29). The van der Waals surface area contributed by atoms with Gasteiger partial charge in [0.05, 0.1) is 5.69 Å². The minimum absolute atomic E-state index is 0.136.